The summed E-state index contributed by atoms with van der Waals surface area (Å²) >= 11 is 0. The molecule has 2 heterocycles. The Morgan fingerprint density at radius 1 is 1.06 bits per heavy atom. The number of hydrogen-bond acceptors (Lipinski definition) is 4. The summed E-state index contributed by atoms with van der Waals surface area (Å²) in [5.74, 6) is -2.34. The van der Waals surface area contributed by atoms with Gasteiger partial charge in [0.25, 0.3) is 0 Å². The number of carbonyl (C=O) groups excluding carboxylic acids is 4. The van der Waals surface area contributed by atoms with Crippen LogP contribution in [0.25, 0.3) is 0 Å². The van der Waals surface area contributed by atoms with E-state index in [4.69, 9.17) is 0 Å². The highest BCUT2D eigenvalue weighted by Gasteiger charge is 2.48. The van der Waals surface area contributed by atoms with Crippen molar-refractivity contribution in [2.45, 2.75) is 32.7 Å². The highest BCUT2D eigenvalue weighted by Crippen LogP contribution is 2.29. The van der Waals surface area contributed by atoms with Crippen molar-refractivity contribution in [3.05, 3.63) is 0 Å². The van der Waals surface area contributed by atoms with Gasteiger partial charge in [-0.25, -0.2) is 0 Å². The van der Waals surface area contributed by atoms with Crippen molar-refractivity contribution in [2.24, 2.45) is 11.8 Å². The summed E-state index contributed by atoms with van der Waals surface area (Å²) in [5.41, 5.74) is 0. The molecule has 0 bridgehead atoms. The molecule has 2 fully saturated rings. The van der Waals surface area contributed by atoms with Crippen LogP contribution in [0.2, 0.25) is 0 Å². The molecular weight excluding hydrogens is 224 g/mol. The fourth-order valence-electron chi connectivity index (χ4n) is 2.21. The number of rotatable bonds is 1. The quantitative estimate of drug-likeness (QED) is 0.620. The van der Waals surface area contributed by atoms with E-state index in [-0.39, 0.29) is 30.6 Å². The van der Waals surface area contributed by atoms with Crippen LogP contribution in [0, 0.1) is 11.8 Å². The summed E-state index contributed by atoms with van der Waals surface area (Å²) in [6.45, 7) is 3.35. The number of carbonyl (C=O) groups is 4. The molecule has 92 valence electrons. The van der Waals surface area contributed by atoms with Crippen LogP contribution in [-0.2, 0) is 19.2 Å². The van der Waals surface area contributed by atoms with Crippen molar-refractivity contribution in [3.8, 4) is 0 Å². The van der Waals surface area contributed by atoms with E-state index in [9.17, 15) is 19.2 Å². The first-order valence-electron chi connectivity index (χ1n) is 5.64. The van der Waals surface area contributed by atoms with Crippen LogP contribution in [0.3, 0.4) is 0 Å². The molecular formula is C11H14N2O4. The van der Waals surface area contributed by atoms with Gasteiger partial charge in [0.2, 0.25) is 23.6 Å². The van der Waals surface area contributed by atoms with E-state index in [1.165, 1.54) is 0 Å². The van der Waals surface area contributed by atoms with E-state index < -0.39 is 23.8 Å². The maximum absolute atomic E-state index is 11.9. The van der Waals surface area contributed by atoms with Crippen molar-refractivity contribution in [2.75, 3.05) is 0 Å². The average Bonchev–Trinajstić information content (AvgIpc) is 2.45. The first-order chi connectivity index (χ1) is 7.93. The molecule has 2 saturated heterocycles. The van der Waals surface area contributed by atoms with Crippen LogP contribution in [0.4, 0.5) is 0 Å². The van der Waals surface area contributed by atoms with Gasteiger partial charge in [-0.3, -0.25) is 29.4 Å². The lowest BCUT2D eigenvalue weighted by molar-refractivity contribution is -0.151. The molecule has 0 aromatic heterocycles. The molecule has 2 rings (SSSR count). The molecule has 0 aromatic carbocycles. The second kappa shape index (κ2) is 3.94. The molecule has 2 aliphatic rings. The number of piperidine rings is 1. The average molecular weight is 238 g/mol. The van der Waals surface area contributed by atoms with Crippen molar-refractivity contribution >= 4 is 23.6 Å². The Morgan fingerprint density at radius 2 is 1.59 bits per heavy atom. The Bertz CT molecular complexity index is 398. The Labute approximate surface area is 98.3 Å². The largest absolute Gasteiger partial charge is 0.295 e. The molecule has 0 aromatic rings. The SMILES string of the molecule is CC1C(=O)N(C2CCC(=O)NC2=O)C(=O)C1C. The summed E-state index contributed by atoms with van der Waals surface area (Å²) in [4.78, 5) is 47.4. The minimum absolute atomic E-state index is 0.163. The van der Waals surface area contributed by atoms with Crippen LogP contribution in [-0.4, -0.2) is 34.6 Å². The molecule has 1 N–H and O–H groups in total. The Hall–Kier alpha value is -1.72. The fraction of sp³-hybridized carbons (Fsp3) is 0.636. The summed E-state index contributed by atoms with van der Waals surface area (Å²) in [7, 11) is 0. The minimum atomic E-state index is -0.819. The van der Waals surface area contributed by atoms with Gasteiger partial charge in [-0.2, -0.15) is 0 Å². The smallest absolute Gasteiger partial charge is 0.249 e. The van der Waals surface area contributed by atoms with Gasteiger partial charge in [0.05, 0.1) is 0 Å². The van der Waals surface area contributed by atoms with E-state index in [1.54, 1.807) is 13.8 Å². The molecule has 4 amide bonds. The number of imide groups is 2. The first-order valence-corrected chi connectivity index (χ1v) is 5.64. The van der Waals surface area contributed by atoms with Gasteiger partial charge in [0, 0.05) is 18.3 Å². The maximum Gasteiger partial charge on any atom is 0.249 e. The van der Waals surface area contributed by atoms with Gasteiger partial charge in [0.15, 0.2) is 0 Å². The molecule has 17 heavy (non-hydrogen) atoms. The van der Waals surface area contributed by atoms with Crippen molar-refractivity contribution in [3.63, 3.8) is 0 Å². The highest BCUT2D eigenvalue weighted by molar-refractivity contribution is 6.10. The molecule has 3 unspecified atom stereocenters. The van der Waals surface area contributed by atoms with Crippen molar-refractivity contribution in [1.29, 1.82) is 0 Å². The third kappa shape index (κ3) is 1.73. The molecule has 0 radical (unpaired) electrons. The van der Waals surface area contributed by atoms with Gasteiger partial charge in [-0.15, -0.1) is 0 Å². The number of amides is 4. The summed E-state index contributed by atoms with van der Waals surface area (Å²) in [5, 5.41) is 2.15. The van der Waals surface area contributed by atoms with Gasteiger partial charge >= 0.3 is 0 Å². The molecule has 0 saturated carbocycles. The van der Waals surface area contributed by atoms with Crippen LogP contribution in [0.5, 0.6) is 0 Å². The van der Waals surface area contributed by atoms with Crippen LogP contribution in [0.15, 0.2) is 0 Å². The van der Waals surface area contributed by atoms with Crippen LogP contribution < -0.4 is 5.32 Å². The summed E-state index contributed by atoms with van der Waals surface area (Å²) < 4.78 is 0. The van der Waals surface area contributed by atoms with E-state index in [2.05, 4.69) is 5.32 Å². The number of hydrogen-bond donors (Lipinski definition) is 1. The zero-order chi connectivity index (χ0) is 12.7. The zero-order valence-electron chi connectivity index (χ0n) is 9.73. The van der Waals surface area contributed by atoms with Crippen molar-refractivity contribution < 1.29 is 19.2 Å². The third-order valence-electron chi connectivity index (χ3n) is 3.53. The predicted molar refractivity (Wildman–Crippen MR) is 56.4 cm³/mol. The molecule has 6 nitrogen and oxygen atoms in total. The fourth-order valence-corrected chi connectivity index (χ4v) is 2.21. The predicted octanol–water partition coefficient (Wildman–Crippen LogP) is -0.567. The first kappa shape index (κ1) is 11.8. The maximum atomic E-state index is 11.9. The molecule has 0 aliphatic carbocycles. The van der Waals surface area contributed by atoms with E-state index in [0.717, 1.165) is 4.90 Å². The minimum Gasteiger partial charge on any atom is -0.295 e. The standard InChI is InChI=1S/C11H14N2O4/c1-5-6(2)11(17)13(10(5)16)7-3-4-8(14)12-9(7)15/h5-7H,3-4H2,1-2H3,(H,12,14,15). The molecule has 6 heteroatoms. The van der Waals surface area contributed by atoms with Gasteiger partial charge in [-0.05, 0) is 6.42 Å². The molecule has 2 aliphatic heterocycles. The van der Waals surface area contributed by atoms with E-state index in [0.29, 0.717) is 0 Å². The lowest BCUT2D eigenvalue weighted by atomic mass is 10.00. The second-order valence-corrected chi connectivity index (χ2v) is 4.59. The topological polar surface area (TPSA) is 83.6 Å². The monoisotopic (exact) mass is 238 g/mol. The van der Waals surface area contributed by atoms with Crippen LogP contribution in [0.1, 0.15) is 26.7 Å². The normalized spacial score (nSPS) is 34.2. The van der Waals surface area contributed by atoms with E-state index >= 15 is 0 Å². The molecule has 0 spiro atoms. The van der Waals surface area contributed by atoms with Crippen molar-refractivity contribution in [1.82, 2.24) is 10.2 Å². The van der Waals surface area contributed by atoms with Crippen LogP contribution >= 0.6 is 0 Å². The number of nitrogens with zero attached hydrogens (tertiary/aromatic N) is 1. The van der Waals surface area contributed by atoms with E-state index in [1.807, 2.05) is 0 Å². The Kier molecular flexibility index (Phi) is 2.73. The summed E-state index contributed by atoms with van der Waals surface area (Å²) in [6, 6.07) is -0.819. The Balaban J connectivity index is 2.23. The second-order valence-electron chi connectivity index (χ2n) is 4.59. The number of likely N-dealkylation sites (tertiary alicyclic amines) is 1. The summed E-state index contributed by atoms with van der Waals surface area (Å²) in [6.07, 6.45) is 0.387. The highest BCUT2D eigenvalue weighted by atomic mass is 16.2. The number of nitrogens with one attached hydrogen (secondary N) is 1. The van der Waals surface area contributed by atoms with Gasteiger partial charge in [-0.1, -0.05) is 13.8 Å². The lowest BCUT2D eigenvalue weighted by Gasteiger charge is -2.28. The molecule has 3 atom stereocenters. The third-order valence-corrected chi connectivity index (χ3v) is 3.53. The van der Waals surface area contributed by atoms with Gasteiger partial charge in [0.1, 0.15) is 6.04 Å². The Morgan fingerprint density at radius 3 is 2.06 bits per heavy atom. The van der Waals surface area contributed by atoms with Gasteiger partial charge < -0.3 is 0 Å². The zero-order valence-corrected chi connectivity index (χ0v) is 9.73. The lowest BCUT2D eigenvalue weighted by Crippen LogP contribution is -2.54.